The topological polar surface area (TPSA) is 277 Å². The molecule has 0 radical (unpaired) electrons. The van der Waals surface area contributed by atoms with Crippen LogP contribution in [0.15, 0.2) is 92.6 Å². The van der Waals surface area contributed by atoms with Gasteiger partial charge in [-0.1, -0.05) is 11.6 Å². The number of anilines is 3. The minimum Gasteiger partial charge on any atom is -0.472 e. The molecule has 0 bridgehead atoms. The maximum atomic E-state index is 14.2. The van der Waals surface area contributed by atoms with E-state index in [1.54, 1.807) is 62.9 Å². The van der Waals surface area contributed by atoms with Crippen molar-refractivity contribution < 1.29 is 46.6 Å². The molecule has 0 unspecified atom stereocenters. The van der Waals surface area contributed by atoms with E-state index in [1.807, 2.05) is 20.8 Å². The molecule has 2 saturated heterocycles. The maximum absolute atomic E-state index is 14.2. The predicted molar refractivity (Wildman–Crippen MR) is 283 cm³/mol. The normalized spacial score (nSPS) is 14.9. The van der Waals surface area contributed by atoms with Crippen LogP contribution >= 0.6 is 11.6 Å². The summed E-state index contributed by atoms with van der Waals surface area (Å²) in [6.07, 6.45) is 18.6. The van der Waals surface area contributed by atoms with Gasteiger partial charge < -0.3 is 53.6 Å². The van der Waals surface area contributed by atoms with E-state index in [2.05, 4.69) is 66.1 Å². The highest BCUT2D eigenvalue weighted by Crippen LogP contribution is 2.22. The number of aryl methyl sites for hydroxylation is 3. The molecule has 9 aromatic heterocycles. The molecule has 2 atom stereocenters. The fourth-order valence-corrected chi connectivity index (χ4v) is 8.23. The lowest BCUT2D eigenvalue weighted by Gasteiger charge is -2.24. The molecular formula is C52H51ClF3N17O7. The second kappa shape index (κ2) is 23.7. The molecule has 0 saturated carbocycles. The average Bonchev–Trinajstić information content (AvgIpc) is 4.28. The summed E-state index contributed by atoms with van der Waals surface area (Å²) in [6, 6.07) is 3.61. The number of hydrogen-bond donors (Lipinski definition) is 4. The number of ether oxygens (including phenoxy) is 3. The van der Waals surface area contributed by atoms with Crippen molar-refractivity contribution in [2.24, 2.45) is 0 Å². The first-order chi connectivity index (χ1) is 38.2. The molecule has 24 nitrogen and oxygen atoms in total. The fourth-order valence-electron chi connectivity index (χ4n) is 8.13. The smallest absolute Gasteiger partial charge is 0.410 e. The Balaban J connectivity index is 0.000000149. The summed E-state index contributed by atoms with van der Waals surface area (Å²) < 4.78 is 63.5. The molecule has 11 heterocycles. The zero-order valence-corrected chi connectivity index (χ0v) is 44.5. The first kappa shape index (κ1) is 55.4. The highest BCUT2D eigenvalue weighted by atomic mass is 35.5. The van der Waals surface area contributed by atoms with Gasteiger partial charge >= 0.3 is 6.09 Å². The lowest BCUT2D eigenvalue weighted by molar-refractivity contribution is 0.0274. The van der Waals surface area contributed by atoms with Gasteiger partial charge in [0.2, 0.25) is 11.8 Å². The zero-order valence-electron chi connectivity index (χ0n) is 43.7. The quantitative estimate of drug-likeness (QED) is 0.105. The van der Waals surface area contributed by atoms with Gasteiger partial charge in [-0.2, -0.15) is 0 Å². The molecule has 2 fully saturated rings. The highest BCUT2D eigenvalue weighted by Gasteiger charge is 2.31. The molecule has 11 rings (SSSR count). The Kier molecular flexibility index (Phi) is 16.4. The number of halogens is 4. The highest BCUT2D eigenvalue weighted by molar-refractivity contribution is 6.29. The molecule has 9 aromatic rings. The lowest BCUT2D eigenvalue weighted by Crippen LogP contribution is -2.36. The van der Waals surface area contributed by atoms with E-state index >= 15 is 0 Å². The van der Waals surface area contributed by atoms with Crippen LogP contribution in [0.5, 0.6) is 11.8 Å². The van der Waals surface area contributed by atoms with Gasteiger partial charge in [-0.05, 0) is 54.5 Å². The van der Waals surface area contributed by atoms with Crippen molar-refractivity contribution in [1.29, 1.82) is 0 Å². The van der Waals surface area contributed by atoms with Crippen molar-refractivity contribution >= 4 is 69.4 Å². The largest absolute Gasteiger partial charge is 0.472 e. The van der Waals surface area contributed by atoms with Gasteiger partial charge in [-0.25, -0.2) is 62.8 Å². The molecule has 0 aliphatic carbocycles. The minimum atomic E-state index is -0.562. The van der Waals surface area contributed by atoms with Gasteiger partial charge in [0, 0.05) is 74.9 Å². The second-order valence-corrected chi connectivity index (χ2v) is 19.7. The number of carbonyl (C=O) groups excluding carboxylic acids is 4. The maximum Gasteiger partial charge on any atom is 0.410 e. The van der Waals surface area contributed by atoms with Crippen LogP contribution in [0.1, 0.15) is 82.2 Å². The minimum absolute atomic E-state index is 0.0477. The molecule has 414 valence electrons. The van der Waals surface area contributed by atoms with Crippen molar-refractivity contribution in [3.63, 3.8) is 0 Å². The van der Waals surface area contributed by atoms with Crippen LogP contribution in [0.3, 0.4) is 0 Å². The fraction of sp³-hybridized carbons (Fsp3) is 0.288. The summed E-state index contributed by atoms with van der Waals surface area (Å²) >= 11 is 5.60. The standard InChI is InChI=1S/C22H25FN6O4.C17H17FN6O2.C13H9ClFN5O/c1-13-10-29-11-14(7-16(23)19(29)26-13)27-20(30)17-8-25-18(9-24-17)32-15-5-6-28(12-15)21(31)33-22(2,3)4;1-10-8-24-9-11(4-13(18)16(24)22-10)23-17(25)14-6-21-15(7-20-14)26-12-2-3-19-5-12;1-7-5-20-6-8(2-9(15)12(20)18-7)19-13(21)10-3-17-11(14)4-16-10/h7-11,15H,5-6,12H2,1-4H3,(H,27,30);4,6-9,12,19H,2-3,5H2,1H3,(H,23,25);2-6H,1H3,(H,19,21)/t15-;12-;/m00./s1. The SMILES string of the molecule is Cc1cn2cc(NC(=O)c3cnc(Cl)cn3)cc(F)c2n1.Cc1cn2cc(NC(=O)c3cnc(O[C@H]4CCN(C(=O)OC(C)(C)C)C4)cn3)cc(F)c2n1.Cc1cn2cc(NC(=O)c3cnc(O[C@H]4CCNC4)cn3)cc(F)c2n1. The number of rotatable bonds is 10. The molecule has 2 aliphatic rings. The third-order valence-corrected chi connectivity index (χ3v) is 11.8. The molecule has 4 N–H and O–H groups in total. The summed E-state index contributed by atoms with van der Waals surface area (Å²) in [7, 11) is 0. The number of likely N-dealkylation sites (tertiary alicyclic amines) is 1. The van der Waals surface area contributed by atoms with E-state index in [1.165, 1.54) is 68.6 Å². The Morgan fingerprint density at radius 2 is 1.01 bits per heavy atom. The summed E-state index contributed by atoms with van der Waals surface area (Å²) in [5.41, 5.74) is 3.17. The molecule has 0 spiro atoms. The van der Waals surface area contributed by atoms with E-state index in [9.17, 15) is 32.3 Å². The molecule has 0 aromatic carbocycles. The zero-order chi connectivity index (χ0) is 56.8. The van der Waals surface area contributed by atoms with Gasteiger partial charge in [0.15, 0.2) is 34.4 Å². The van der Waals surface area contributed by atoms with E-state index < -0.39 is 40.8 Å². The molecule has 80 heavy (non-hydrogen) atoms. The Labute approximate surface area is 458 Å². The Morgan fingerprint density at radius 3 is 1.39 bits per heavy atom. The monoisotopic (exact) mass is 1120 g/mol. The molecule has 4 amide bonds. The Hall–Kier alpha value is -9.37. The Bertz CT molecular complexity index is 3740. The first-order valence-corrected chi connectivity index (χ1v) is 25.1. The number of carbonyl (C=O) groups is 4. The van der Waals surface area contributed by atoms with E-state index in [-0.39, 0.29) is 69.0 Å². The number of aromatic nitrogens is 12. The van der Waals surface area contributed by atoms with Crippen molar-refractivity contribution in [2.45, 2.75) is 72.2 Å². The number of fused-ring (bicyclic) bond motifs is 3. The number of hydrogen-bond acceptors (Lipinski definition) is 17. The van der Waals surface area contributed by atoms with Crippen molar-refractivity contribution in [1.82, 2.24) is 68.3 Å². The Morgan fingerprint density at radius 1 is 0.588 bits per heavy atom. The first-order valence-electron chi connectivity index (χ1n) is 24.7. The van der Waals surface area contributed by atoms with Gasteiger partial charge in [0.25, 0.3) is 17.7 Å². The summed E-state index contributed by atoms with van der Waals surface area (Å²) in [5.74, 6) is -2.51. The molecular weight excluding hydrogens is 1070 g/mol. The van der Waals surface area contributed by atoms with Crippen LogP contribution in [0.4, 0.5) is 35.0 Å². The van der Waals surface area contributed by atoms with E-state index in [4.69, 9.17) is 25.8 Å². The second-order valence-electron chi connectivity index (χ2n) is 19.3. The molecule has 2 aliphatic heterocycles. The van der Waals surface area contributed by atoms with Gasteiger partial charge in [-0.3, -0.25) is 14.4 Å². The van der Waals surface area contributed by atoms with Crippen molar-refractivity contribution in [3.05, 3.63) is 149 Å². The van der Waals surface area contributed by atoms with Gasteiger partial charge in [0.1, 0.15) is 40.0 Å². The van der Waals surface area contributed by atoms with Crippen LogP contribution in [-0.2, 0) is 4.74 Å². The van der Waals surface area contributed by atoms with E-state index in [0.717, 1.165) is 19.5 Å². The lowest BCUT2D eigenvalue weighted by atomic mass is 10.2. The van der Waals surface area contributed by atoms with Gasteiger partial charge in [-0.15, -0.1) is 0 Å². The molecule has 28 heteroatoms. The van der Waals surface area contributed by atoms with Gasteiger partial charge in [0.05, 0.1) is 77.9 Å². The van der Waals surface area contributed by atoms with Crippen molar-refractivity contribution in [2.75, 3.05) is 42.1 Å². The van der Waals surface area contributed by atoms with Crippen LogP contribution in [0, 0.1) is 38.2 Å². The van der Waals surface area contributed by atoms with Crippen LogP contribution < -0.4 is 30.7 Å². The third kappa shape index (κ3) is 14.0. The summed E-state index contributed by atoms with van der Waals surface area (Å²) in [5, 5.41) is 11.1. The number of amides is 4. The number of pyridine rings is 3. The number of nitrogens with one attached hydrogen (secondary N) is 4. The number of imidazole rings is 3. The van der Waals surface area contributed by atoms with E-state index in [0.29, 0.717) is 53.8 Å². The predicted octanol–water partition coefficient (Wildman–Crippen LogP) is 7.25. The van der Waals surface area contributed by atoms with Crippen LogP contribution in [0.25, 0.3) is 16.9 Å². The summed E-state index contributed by atoms with van der Waals surface area (Å²) in [6.45, 7) is 13.3. The van der Waals surface area contributed by atoms with Crippen molar-refractivity contribution in [3.8, 4) is 11.8 Å². The number of nitrogens with zero attached hydrogens (tertiary/aromatic N) is 13. The van der Waals surface area contributed by atoms with Crippen LogP contribution in [0.2, 0.25) is 5.15 Å². The average molecular weight is 1120 g/mol. The summed E-state index contributed by atoms with van der Waals surface area (Å²) in [4.78, 5) is 86.8. The van der Waals surface area contributed by atoms with Crippen LogP contribution in [-0.4, -0.2) is 131 Å². The third-order valence-electron chi connectivity index (χ3n) is 11.6.